The van der Waals surface area contributed by atoms with Crippen LogP contribution in [-0.2, 0) is 4.79 Å². The van der Waals surface area contributed by atoms with Crippen molar-refractivity contribution in [3.63, 3.8) is 0 Å². The zero-order valence-electron chi connectivity index (χ0n) is 17.6. The van der Waals surface area contributed by atoms with E-state index in [4.69, 9.17) is 0 Å². The van der Waals surface area contributed by atoms with Crippen LogP contribution in [-0.4, -0.2) is 38.8 Å². The van der Waals surface area contributed by atoms with Crippen molar-refractivity contribution in [3.05, 3.63) is 48.2 Å². The predicted octanol–water partition coefficient (Wildman–Crippen LogP) is 3.87. The van der Waals surface area contributed by atoms with Crippen LogP contribution in [0.25, 0.3) is 16.9 Å². The van der Waals surface area contributed by atoms with Crippen LogP contribution in [0.4, 0.5) is 10.1 Å². The SMILES string of the molecule is CC(C)Nc1cc(-n2ccc3cc(F)cnc32)ncc1C(=O)NC1CCC(C=O)CC1. The van der Waals surface area contributed by atoms with Crippen LogP contribution in [0.2, 0.25) is 0 Å². The minimum Gasteiger partial charge on any atom is -0.382 e. The van der Waals surface area contributed by atoms with Gasteiger partial charge in [0.25, 0.3) is 5.91 Å². The molecule has 0 aromatic carbocycles. The highest BCUT2D eigenvalue weighted by molar-refractivity contribution is 5.99. The van der Waals surface area contributed by atoms with Gasteiger partial charge in [-0.3, -0.25) is 9.36 Å². The first-order chi connectivity index (χ1) is 14.9. The van der Waals surface area contributed by atoms with Crippen molar-refractivity contribution in [1.82, 2.24) is 19.9 Å². The number of aromatic nitrogens is 3. The van der Waals surface area contributed by atoms with E-state index in [2.05, 4.69) is 20.6 Å². The van der Waals surface area contributed by atoms with Gasteiger partial charge in [0.1, 0.15) is 23.6 Å². The van der Waals surface area contributed by atoms with Gasteiger partial charge < -0.3 is 15.4 Å². The number of halogens is 1. The molecule has 7 nitrogen and oxygen atoms in total. The molecular formula is C23H26FN5O2. The second-order valence-electron chi connectivity index (χ2n) is 8.36. The molecule has 31 heavy (non-hydrogen) atoms. The maximum absolute atomic E-state index is 13.5. The van der Waals surface area contributed by atoms with Crippen LogP contribution in [0, 0.1) is 11.7 Å². The standard InChI is InChI=1S/C23H26FN5O2/c1-14(2)27-20-10-21(29-8-7-16-9-17(24)11-26-22(16)29)25-12-19(20)23(31)28-18-5-3-15(13-30)4-6-18/h7-15,18H,3-6H2,1-2H3,(H,25,27)(H,28,31). The number of hydrogen-bond donors (Lipinski definition) is 2. The normalized spacial score (nSPS) is 18.8. The summed E-state index contributed by atoms with van der Waals surface area (Å²) in [6.45, 7) is 4.00. The van der Waals surface area contributed by atoms with Crippen LogP contribution in [0.3, 0.4) is 0 Å². The fraction of sp³-hybridized carbons (Fsp3) is 0.391. The van der Waals surface area contributed by atoms with Gasteiger partial charge in [0.05, 0.1) is 17.4 Å². The average molecular weight is 423 g/mol. The topological polar surface area (TPSA) is 88.9 Å². The number of rotatable bonds is 6. The Morgan fingerprint density at radius 3 is 2.68 bits per heavy atom. The smallest absolute Gasteiger partial charge is 0.255 e. The maximum atomic E-state index is 13.5. The predicted molar refractivity (Wildman–Crippen MR) is 117 cm³/mol. The van der Waals surface area contributed by atoms with E-state index in [1.807, 2.05) is 19.9 Å². The molecule has 2 N–H and O–H groups in total. The molecule has 0 unspecified atom stereocenters. The van der Waals surface area contributed by atoms with E-state index in [1.165, 1.54) is 12.3 Å². The summed E-state index contributed by atoms with van der Waals surface area (Å²) in [6.07, 6.45) is 8.73. The van der Waals surface area contributed by atoms with Gasteiger partial charge in [-0.05, 0) is 51.7 Å². The summed E-state index contributed by atoms with van der Waals surface area (Å²) in [5.74, 6) is 0.106. The Morgan fingerprint density at radius 2 is 1.97 bits per heavy atom. The lowest BCUT2D eigenvalue weighted by Crippen LogP contribution is -2.38. The second-order valence-corrected chi connectivity index (χ2v) is 8.36. The fourth-order valence-corrected chi connectivity index (χ4v) is 4.03. The van der Waals surface area contributed by atoms with Crippen molar-refractivity contribution in [3.8, 4) is 5.82 Å². The van der Waals surface area contributed by atoms with Crippen molar-refractivity contribution in [1.29, 1.82) is 0 Å². The second kappa shape index (κ2) is 8.83. The molecule has 0 bridgehead atoms. The van der Waals surface area contributed by atoms with E-state index in [0.717, 1.165) is 32.0 Å². The monoisotopic (exact) mass is 423 g/mol. The van der Waals surface area contributed by atoms with Gasteiger partial charge in [-0.2, -0.15) is 0 Å². The minimum absolute atomic E-state index is 0.0581. The third kappa shape index (κ3) is 4.57. The molecule has 4 rings (SSSR count). The van der Waals surface area contributed by atoms with Crippen LogP contribution < -0.4 is 10.6 Å². The molecule has 3 aromatic rings. The van der Waals surface area contributed by atoms with Gasteiger partial charge >= 0.3 is 0 Å². The Labute approximate surface area is 180 Å². The number of nitrogens with one attached hydrogen (secondary N) is 2. The third-order valence-electron chi connectivity index (χ3n) is 5.62. The summed E-state index contributed by atoms with van der Waals surface area (Å²) >= 11 is 0. The molecule has 162 valence electrons. The summed E-state index contributed by atoms with van der Waals surface area (Å²) in [6, 6.07) is 5.18. The van der Waals surface area contributed by atoms with E-state index in [9.17, 15) is 14.0 Å². The number of nitrogens with zero attached hydrogens (tertiary/aromatic N) is 3. The minimum atomic E-state index is -0.394. The highest BCUT2D eigenvalue weighted by Gasteiger charge is 2.24. The number of pyridine rings is 2. The molecule has 0 radical (unpaired) electrons. The summed E-state index contributed by atoms with van der Waals surface area (Å²) in [5, 5.41) is 7.09. The van der Waals surface area contributed by atoms with Crippen LogP contribution in [0.1, 0.15) is 49.9 Å². The highest BCUT2D eigenvalue weighted by Crippen LogP contribution is 2.25. The number of aldehydes is 1. The molecule has 1 saturated carbocycles. The summed E-state index contributed by atoms with van der Waals surface area (Å²) in [5.41, 5.74) is 1.72. The van der Waals surface area contributed by atoms with Crippen LogP contribution in [0.5, 0.6) is 0 Å². The van der Waals surface area contributed by atoms with Gasteiger partial charge in [0, 0.05) is 41.8 Å². The number of amides is 1. The number of fused-ring (bicyclic) bond motifs is 1. The molecule has 8 heteroatoms. The van der Waals surface area contributed by atoms with Crippen molar-refractivity contribution >= 4 is 28.9 Å². The fourth-order valence-electron chi connectivity index (χ4n) is 4.03. The average Bonchev–Trinajstić information content (AvgIpc) is 3.16. The van der Waals surface area contributed by atoms with Crippen LogP contribution in [0.15, 0.2) is 36.8 Å². The molecule has 0 saturated heterocycles. The lowest BCUT2D eigenvalue weighted by atomic mass is 9.87. The van der Waals surface area contributed by atoms with Gasteiger partial charge in [-0.1, -0.05) is 0 Å². The van der Waals surface area contributed by atoms with Crippen LogP contribution >= 0.6 is 0 Å². The lowest BCUT2D eigenvalue weighted by molar-refractivity contribution is -0.111. The van der Waals surface area contributed by atoms with Gasteiger partial charge in [0.15, 0.2) is 0 Å². The van der Waals surface area contributed by atoms with Crippen molar-refractivity contribution in [2.75, 3.05) is 5.32 Å². The molecule has 1 amide bonds. The quantitative estimate of drug-likeness (QED) is 0.588. The summed E-state index contributed by atoms with van der Waals surface area (Å²) in [7, 11) is 0. The lowest BCUT2D eigenvalue weighted by Gasteiger charge is -2.26. The first-order valence-corrected chi connectivity index (χ1v) is 10.6. The number of carbonyl (C=O) groups is 2. The third-order valence-corrected chi connectivity index (χ3v) is 5.62. The molecule has 0 aliphatic heterocycles. The van der Waals surface area contributed by atoms with Gasteiger partial charge in [-0.25, -0.2) is 14.4 Å². The molecule has 0 spiro atoms. The molecule has 3 heterocycles. The Hall–Kier alpha value is -3.29. The highest BCUT2D eigenvalue weighted by atomic mass is 19.1. The van der Waals surface area contributed by atoms with Gasteiger partial charge in [-0.15, -0.1) is 0 Å². The van der Waals surface area contributed by atoms with Gasteiger partial charge in [0.2, 0.25) is 0 Å². The Bertz CT molecular complexity index is 1100. The number of hydrogen-bond acceptors (Lipinski definition) is 5. The molecule has 0 atom stereocenters. The zero-order valence-corrected chi connectivity index (χ0v) is 17.6. The largest absolute Gasteiger partial charge is 0.382 e. The number of carbonyl (C=O) groups excluding carboxylic acids is 2. The first kappa shape index (κ1) is 21.0. The van der Waals surface area contributed by atoms with E-state index in [1.54, 1.807) is 23.0 Å². The van der Waals surface area contributed by atoms with E-state index in [0.29, 0.717) is 28.1 Å². The zero-order chi connectivity index (χ0) is 22.0. The van der Waals surface area contributed by atoms with E-state index < -0.39 is 5.82 Å². The summed E-state index contributed by atoms with van der Waals surface area (Å²) in [4.78, 5) is 32.6. The van der Waals surface area contributed by atoms with Crippen molar-refractivity contribution < 1.29 is 14.0 Å². The van der Waals surface area contributed by atoms with Crippen molar-refractivity contribution in [2.24, 2.45) is 5.92 Å². The van der Waals surface area contributed by atoms with E-state index in [-0.39, 0.29) is 23.9 Å². The molecule has 1 aliphatic carbocycles. The molecule has 3 aromatic heterocycles. The Kier molecular flexibility index (Phi) is 5.97. The maximum Gasteiger partial charge on any atom is 0.255 e. The number of anilines is 1. The Balaban J connectivity index is 1.61. The molecule has 1 aliphatic rings. The molecule has 1 fully saturated rings. The Morgan fingerprint density at radius 1 is 1.19 bits per heavy atom. The molecular weight excluding hydrogens is 397 g/mol. The van der Waals surface area contributed by atoms with Crippen molar-refractivity contribution in [2.45, 2.75) is 51.6 Å². The summed E-state index contributed by atoms with van der Waals surface area (Å²) < 4.78 is 15.2. The first-order valence-electron chi connectivity index (χ1n) is 10.6. The van der Waals surface area contributed by atoms with E-state index >= 15 is 0 Å².